The Balaban J connectivity index is 1.79. The summed E-state index contributed by atoms with van der Waals surface area (Å²) in [5.41, 5.74) is 1.30. The Kier molecular flexibility index (Phi) is 4.40. The van der Waals surface area contributed by atoms with Crippen molar-refractivity contribution < 1.29 is 14.3 Å². The number of carbonyl (C=O) groups excluding carboxylic acids is 1. The lowest BCUT2D eigenvalue weighted by atomic mass is 10.1. The molecule has 0 saturated carbocycles. The molecule has 2 aliphatic heterocycles. The molecule has 6 heteroatoms. The van der Waals surface area contributed by atoms with Gasteiger partial charge in [-0.3, -0.25) is 9.69 Å². The number of rotatable bonds is 4. The first-order valence-electron chi connectivity index (χ1n) is 7.28. The van der Waals surface area contributed by atoms with Crippen LogP contribution in [0.15, 0.2) is 30.0 Å². The van der Waals surface area contributed by atoms with Crippen molar-refractivity contribution in [1.29, 1.82) is 0 Å². The predicted octanol–water partition coefficient (Wildman–Crippen LogP) is 1.93. The topological polar surface area (TPSA) is 50.8 Å². The molecule has 0 aromatic heterocycles. The molecule has 116 valence electrons. The largest absolute Gasteiger partial charge is 0.496 e. The summed E-state index contributed by atoms with van der Waals surface area (Å²) >= 11 is 5.27. The second kappa shape index (κ2) is 6.46. The van der Waals surface area contributed by atoms with E-state index < -0.39 is 0 Å². The van der Waals surface area contributed by atoms with Crippen LogP contribution in [-0.4, -0.2) is 42.3 Å². The highest BCUT2D eigenvalue weighted by atomic mass is 32.1. The molecule has 0 radical (unpaired) electrons. The van der Waals surface area contributed by atoms with Crippen molar-refractivity contribution >= 4 is 29.3 Å². The zero-order valence-corrected chi connectivity index (χ0v) is 13.2. The predicted molar refractivity (Wildman–Crippen MR) is 87.4 cm³/mol. The average Bonchev–Trinajstić information content (AvgIpc) is 3.12. The summed E-state index contributed by atoms with van der Waals surface area (Å²) in [5, 5.41) is 3.42. The third kappa shape index (κ3) is 2.98. The van der Waals surface area contributed by atoms with Crippen LogP contribution >= 0.6 is 12.2 Å². The number of hydrogen-bond donors (Lipinski definition) is 1. The van der Waals surface area contributed by atoms with Crippen molar-refractivity contribution in [3.63, 3.8) is 0 Å². The molecule has 2 heterocycles. The van der Waals surface area contributed by atoms with Crippen LogP contribution in [0.2, 0.25) is 0 Å². The molecule has 0 aliphatic carbocycles. The lowest BCUT2D eigenvalue weighted by Crippen LogP contribution is -2.37. The number of thiocarbonyl (C=S) groups is 1. The first-order valence-corrected chi connectivity index (χ1v) is 7.69. The molecular formula is C16H18N2O3S. The van der Waals surface area contributed by atoms with Gasteiger partial charge >= 0.3 is 0 Å². The molecule has 1 N–H and O–H groups in total. The minimum Gasteiger partial charge on any atom is -0.496 e. The van der Waals surface area contributed by atoms with Gasteiger partial charge in [-0.1, -0.05) is 18.2 Å². The van der Waals surface area contributed by atoms with Gasteiger partial charge in [-0.2, -0.15) is 0 Å². The zero-order valence-electron chi connectivity index (χ0n) is 12.4. The molecule has 1 atom stereocenters. The van der Waals surface area contributed by atoms with Gasteiger partial charge in [0.1, 0.15) is 11.4 Å². The molecule has 1 amide bonds. The number of ether oxygens (including phenoxy) is 2. The third-order valence-corrected chi connectivity index (χ3v) is 4.13. The molecule has 22 heavy (non-hydrogen) atoms. The van der Waals surface area contributed by atoms with Crippen molar-refractivity contribution in [1.82, 2.24) is 10.2 Å². The van der Waals surface area contributed by atoms with Crippen LogP contribution in [0.3, 0.4) is 0 Å². The Labute approximate surface area is 134 Å². The van der Waals surface area contributed by atoms with Gasteiger partial charge in [0.15, 0.2) is 5.11 Å². The normalized spacial score (nSPS) is 23.2. The maximum atomic E-state index is 12.5. The average molecular weight is 318 g/mol. The molecule has 2 saturated heterocycles. The molecule has 3 rings (SSSR count). The second-order valence-corrected chi connectivity index (χ2v) is 5.67. The SMILES string of the molecule is COc1ccccc1/C=C1/NC(=S)N(C[C@H]2CCCO2)C1=O. The van der Waals surface area contributed by atoms with E-state index in [2.05, 4.69) is 5.32 Å². The molecule has 2 aliphatic rings. The van der Waals surface area contributed by atoms with Gasteiger partial charge in [0.05, 0.1) is 19.8 Å². The highest BCUT2D eigenvalue weighted by Gasteiger charge is 2.33. The fourth-order valence-corrected chi connectivity index (χ4v) is 2.94. The van der Waals surface area contributed by atoms with E-state index in [9.17, 15) is 4.79 Å². The van der Waals surface area contributed by atoms with Crippen LogP contribution in [0.25, 0.3) is 6.08 Å². The number of nitrogens with zero attached hydrogens (tertiary/aromatic N) is 1. The first kappa shape index (κ1) is 15.0. The van der Waals surface area contributed by atoms with Crippen LogP contribution in [0.5, 0.6) is 5.75 Å². The van der Waals surface area contributed by atoms with E-state index in [1.54, 1.807) is 18.1 Å². The van der Waals surface area contributed by atoms with E-state index >= 15 is 0 Å². The lowest BCUT2D eigenvalue weighted by Gasteiger charge is -2.18. The van der Waals surface area contributed by atoms with Crippen LogP contribution < -0.4 is 10.1 Å². The summed E-state index contributed by atoms with van der Waals surface area (Å²) in [6.07, 6.45) is 3.85. The van der Waals surface area contributed by atoms with Gasteiger partial charge in [-0.15, -0.1) is 0 Å². The summed E-state index contributed by atoms with van der Waals surface area (Å²) in [5.74, 6) is 0.597. The third-order valence-electron chi connectivity index (χ3n) is 3.81. The first-order chi connectivity index (χ1) is 10.7. The van der Waals surface area contributed by atoms with Crippen molar-refractivity contribution in [3.8, 4) is 5.75 Å². The summed E-state index contributed by atoms with van der Waals surface area (Å²) in [6.45, 7) is 1.27. The second-order valence-electron chi connectivity index (χ2n) is 5.28. The van der Waals surface area contributed by atoms with Gasteiger partial charge in [0.25, 0.3) is 5.91 Å². The monoisotopic (exact) mass is 318 g/mol. The Morgan fingerprint density at radius 1 is 1.50 bits per heavy atom. The maximum Gasteiger partial charge on any atom is 0.276 e. The minimum absolute atomic E-state index is 0.0781. The van der Waals surface area contributed by atoms with E-state index in [-0.39, 0.29) is 12.0 Å². The number of benzene rings is 1. The number of methoxy groups -OCH3 is 1. The summed E-state index contributed by atoms with van der Waals surface area (Å²) in [6, 6.07) is 7.54. The molecule has 1 aromatic rings. The number of carbonyl (C=O) groups is 1. The van der Waals surface area contributed by atoms with Crippen LogP contribution in [0, 0.1) is 0 Å². The number of nitrogens with one attached hydrogen (secondary N) is 1. The van der Waals surface area contributed by atoms with Gasteiger partial charge in [0.2, 0.25) is 0 Å². The minimum atomic E-state index is -0.119. The van der Waals surface area contributed by atoms with Crippen LogP contribution in [0.1, 0.15) is 18.4 Å². The van der Waals surface area contributed by atoms with Gasteiger partial charge in [-0.05, 0) is 37.2 Å². The Morgan fingerprint density at radius 3 is 3.05 bits per heavy atom. The summed E-state index contributed by atoms with van der Waals surface area (Å²) < 4.78 is 10.9. The lowest BCUT2D eigenvalue weighted by molar-refractivity contribution is -0.123. The smallest absolute Gasteiger partial charge is 0.276 e. The Hall–Kier alpha value is -1.92. The fraction of sp³-hybridized carbons (Fsp3) is 0.375. The van der Waals surface area contributed by atoms with Crippen molar-refractivity contribution in [3.05, 3.63) is 35.5 Å². The van der Waals surface area contributed by atoms with E-state index in [0.717, 1.165) is 25.0 Å². The molecular weight excluding hydrogens is 300 g/mol. The number of amides is 1. The number of hydrogen-bond acceptors (Lipinski definition) is 4. The van der Waals surface area contributed by atoms with E-state index in [4.69, 9.17) is 21.7 Å². The van der Waals surface area contributed by atoms with Gasteiger partial charge < -0.3 is 14.8 Å². The van der Waals surface area contributed by atoms with E-state index in [0.29, 0.717) is 23.1 Å². The van der Waals surface area contributed by atoms with Crippen molar-refractivity contribution in [2.75, 3.05) is 20.3 Å². The quantitative estimate of drug-likeness (QED) is 0.679. The highest BCUT2D eigenvalue weighted by molar-refractivity contribution is 7.80. The van der Waals surface area contributed by atoms with Gasteiger partial charge in [0, 0.05) is 12.2 Å². The Bertz CT molecular complexity index is 624. The maximum absolute atomic E-state index is 12.5. The number of para-hydroxylation sites is 1. The van der Waals surface area contributed by atoms with E-state index in [1.165, 1.54) is 0 Å². The molecule has 0 spiro atoms. The fourth-order valence-electron chi connectivity index (χ4n) is 2.67. The van der Waals surface area contributed by atoms with Crippen molar-refractivity contribution in [2.45, 2.75) is 18.9 Å². The molecule has 0 unspecified atom stereocenters. The molecule has 2 fully saturated rings. The van der Waals surface area contributed by atoms with E-state index in [1.807, 2.05) is 24.3 Å². The molecule has 1 aromatic carbocycles. The Morgan fingerprint density at radius 2 is 2.32 bits per heavy atom. The van der Waals surface area contributed by atoms with Gasteiger partial charge in [-0.25, -0.2) is 0 Å². The summed E-state index contributed by atoms with van der Waals surface area (Å²) in [7, 11) is 1.61. The van der Waals surface area contributed by atoms with Crippen LogP contribution in [0.4, 0.5) is 0 Å². The highest BCUT2D eigenvalue weighted by Crippen LogP contribution is 2.23. The van der Waals surface area contributed by atoms with Crippen molar-refractivity contribution in [2.24, 2.45) is 0 Å². The summed E-state index contributed by atoms with van der Waals surface area (Å²) in [4.78, 5) is 14.1. The standard InChI is InChI=1S/C16H18N2O3S/c1-20-14-7-3-2-5-11(14)9-13-15(19)18(16(22)17-13)10-12-6-4-8-21-12/h2-3,5,7,9,12H,4,6,8,10H2,1H3,(H,17,22)/b13-9+/t12-/m1/s1. The van der Waals surface area contributed by atoms with Crippen LogP contribution in [-0.2, 0) is 9.53 Å². The molecule has 0 bridgehead atoms. The zero-order chi connectivity index (χ0) is 15.5. The molecule has 5 nitrogen and oxygen atoms in total.